The van der Waals surface area contributed by atoms with Crippen LogP contribution in [0.1, 0.15) is 53.4 Å². The first-order valence-corrected chi connectivity index (χ1v) is 6.64. The Labute approximate surface area is 109 Å². The van der Waals surface area contributed by atoms with Gasteiger partial charge in [-0.25, -0.2) is 0 Å². The number of amidine groups is 1. The van der Waals surface area contributed by atoms with E-state index in [0.717, 1.165) is 12.8 Å². The van der Waals surface area contributed by atoms with E-state index >= 15 is 0 Å². The van der Waals surface area contributed by atoms with Crippen LogP contribution < -0.4 is 11.1 Å². The molecule has 0 bridgehead atoms. The van der Waals surface area contributed by atoms with Gasteiger partial charge in [0.2, 0.25) is 5.91 Å². The number of nitrogens with zero attached hydrogens (tertiary/aromatic N) is 1. The van der Waals surface area contributed by atoms with Gasteiger partial charge in [0.05, 0.1) is 0 Å². The molecule has 0 radical (unpaired) electrons. The van der Waals surface area contributed by atoms with Crippen LogP contribution in [-0.4, -0.2) is 22.5 Å². The predicted molar refractivity (Wildman–Crippen MR) is 71.4 cm³/mol. The molecule has 1 aliphatic carbocycles. The maximum atomic E-state index is 12.5. The van der Waals surface area contributed by atoms with Crippen molar-refractivity contribution in [2.45, 2.75) is 58.9 Å². The molecular weight excluding hydrogens is 230 g/mol. The van der Waals surface area contributed by atoms with E-state index in [2.05, 4.69) is 10.5 Å². The normalized spacial score (nSPS) is 17.7. The summed E-state index contributed by atoms with van der Waals surface area (Å²) >= 11 is 0. The van der Waals surface area contributed by atoms with Crippen LogP contribution in [0, 0.1) is 11.3 Å². The third-order valence-electron chi connectivity index (χ3n) is 4.27. The molecule has 0 unspecified atom stereocenters. The van der Waals surface area contributed by atoms with Crippen LogP contribution in [0.25, 0.3) is 0 Å². The Balaban J connectivity index is 2.89. The lowest BCUT2D eigenvalue weighted by Crippen LogP contribution is -2.55. The first kappa shape index (κ1) is 14.8. The summed E-state index contributed by atoms with van der Waals surface area (Å²) in [7, 11) is 0. The summed E-state index contributed by atoms with van der Waals surface area (Å²) in [4.78, 5) is 12.5. The summed E-state index contributed by atoms with van der Waals surface area (Å²) < 4.78 is 0. The molecule has 1 aliphatic rings. The van der Waals surface area contributed by atoms with E-state index in [1.165, 1.54) is 0 Å². The van der Waals surface area contributed by atoms with Crippen molar-refractivity contribution in [3.63, 3.8) is 0 Å². The van der Waals surface area contributed by atoms with E-state index in [1.807, 2.05) is 27.7 Å². The zero-order valence-electron chi connectivity index (χ0n) is 11.8. The molecule has 0 heterocycles. The van der Waals surface area contributed by atoms with Gasteiger partial charge in [-0.1, -0.05) is 19.0 Å². The Bertz CT molecular complexity index is 342. The highest BCUT2D eigenvalue weighted by atomic mass is 16.4. The average molecular weight is 255 g/mol. The summed E-state index contributed by atoms with van der Waals surface area (Å²) in [5.74, 6) is 0.399. The van der Waals surface area contributed by atoms with Crippen molar-refractivity contribution in [2.24, 2.45) is 22.2 Å². The van der Waals surface area contributed by atoms with Crippen LogP contribution in [0.3, 0.4) is 0 Å². The first-order valence-electron chi connectivity index (χ1n) is 6.64. The van der Waals surface area contributed by atoms with E-state index in [1.54, 1.807) is 0 Å². The lowest BCUT2D eigenvalue weighted by atomic mass is 9.79. The first-order chi connectivity index (χ1) is 8.34. The molecule has 1 rings (SSSR count). The molecule has 104 valence electrons. The molecule has 0 saturated heterocycles. The van der Waals surface area contributed by atoms with E-state index in [-0.39, 0.29) is 17.3 Å². The number of hydrogen-bond donors (Lipinski definition) is 3. The second-order valence-electron chi connectivity index (χ2n) is 5.72. The minimum Gasteiger partial charge on any atom is -0.409 e. The van der Waals surface area contributed by atoms with Gasteiger partial charge in [0.25, 0.3) is 0 Å². The topological polar surface area (TPSA) is 87.7 Å². The Hall–Kier alpha value is -1.26. The van der Waals surface area contributed by atoms with Crippen molar-refractivity contribution in [1.82, 2.24) is 5.32 Å². The fourth-order valence-electron chi connectivity index (χ4n) is 2.46. The van der Waals surface area contributed by atoms with Crippen LogP contribution >= 0.6 is 0 Å². The molecule has 0 spiro atoms. The number of carbonyl (C=O) groups excluding carboxylic acids is 1. The third kappa shape index (κ3) is 2.60. The molecule has 18 heavy (non-hydrogen) atoms. The Kier molecular flexibility index (Phi) is 4.24. The van der Waals surface area contributed by atoms with Gasteiger partial charge in [-0.2, -0.15) is 0 Å². The van der Waals surface area contributed by atoms with Crippen molar-refractivity contribution < 1.29 is 10.0 Å². The summed E-state index contributed by atoms with van der Waals surface area (Å²) in [6.45, 7) is 7.83. The zero-order valence-corrected chi connectivity index (χ0v) is 11.8. The van der Waals surface area contributed by atoms with Crippen LogP contribution in [0.5, 0.6) is 0 Å². The Morgan fingerprint density at radius 2 is 1.89 bits per heavy atom. The summed E-state index contributed by atoms with van der Waals surface area (Å²) in [5.41, 5.74) is 4.60. The Morgan fingerprint density at radius 3 is 2.22 bits per heavy atom. The minimum atomic E-state index is -0.902. The van der Waals surface area contributed by atoms with Gasteiger partial charge in [-0.15, -0.1) is 0 Å². The van der Waals surface area contributed by atoms with E-state index in [0.29, 0.717) is 18.8 Å². The monoisotopic (exact) mass is 255 g/mol. The van der Waals surface area contributed by atoms with Crippen molar-refractivity contribution in [2.75, 3.05) is 0 Å². The smallest absolute Gasteiger partial charge is 0.234 e. The molecule has 1 saturated carbocycles. The fourth-order valence-corrected chi connectivity index (χ4v) is 2.46. The van der Waals surface area contributed by atoms with Crippen molar-refractivity contribution in [1.29, 1.82) is 0 Å². The summed E-state index contributed by atoms with van der Waals surface area (Å²) in [5, 5.41) is 15.0. The molecule has 4 N–H and O–H groups in total. The van der Waals surface area contributed by atoms with Gasteiger partial charge in [-0.05, 0) is 45.4 Å². The highest BCUT2D eigenvalue weighted by Crippen LogP contribution is 2.40. The van der Waals surface area contributed by atoms with Gasteiger partial charge >= 0.3 is 0 Å². The number of amides is 1. The molecule has 5 heteroatoms. The number of carbonyl (C=O) groups is 1. The van der Waals surface area contributed by atoms with Crippen molar-refractivity contribution in [3.05, 3.63) is 0 Å². The van der Waals surface area contributed by atoms with Gasteiger partial charge in [0, 0.05) is 5.54 Å². The largest absolute Gasteiger partial charge is 0.409 e. The van der Waals surface area contributed by atoms with E-state index < -0.39 is 5.41 Å². The summed E-state index contributed by atoms with van der Waals surface area (Å²) in [6, 6.07) is 0. The quantitative estimate of drug-likeness (QED) is 0.293. The highest BCUT2D eigenvalue weighted by molar-refractivity contribution is 6.06. The fraction of sp³-hybridized carbons (Fsp3) is 0.846. The lowest BCUT2D eigenvalue weighted by molar-refractivity contribution is -0.130. The average Bonchev–Trinajstić information content (AvgIpc) is 3.14. The molecular formula is C13H25N3O2. The van der Waals surface area contributed by atoms with Crippen molar-refractivity contribution in [3.8, 4) is 0 Å². The maximum Gasteiger partial charge on any atom is 0.234 e. The minimum absolute atomic E-state index is 0.00315. The number of oxime groups is 1. The maximum absolute atomic E-state index is 12.5. The molecule has 0 atom stereocenters. The second-order valence-corrected chi connectivity index (χ2v) is 5.72. The number of rotatable bonds is 6. The van der Waals surface area contributed by atoms with Gasteiger partial charge in [0.1, 0.15) is 5.41 Å². The molecule has 0 aromatic heterocycles. The van der Waals surface area contributed by atoms with Crippen LogP contribution in [-0.2, 0) is 4.79 Å². The van der Waals surface area contributed by atoms with E-state index in [4.69, 9.17) is 10.9 Å². The van der Waals surface area contributed by atoms with Crippen LogP contribution in [0.15, 0.2) is 5.16 Å². The number of nitrogens with one attached hydrogen (secondary N) is 1. The Morgan fingerprint density at radius 1 is 1.39 bits per heavy atom. The highest BCUT2D eigenvalue weighted by Gasteiger charge is 2.45. The molecule has 0 aliphatic heterocycles. The molecule has 0 aromatic carbocycles. The predicted octanol–water partition coefficient (Wildman–Crippen LogP) is 1.84. The molecule has 1 fully saturated rings. The van der Waals surface area contributed by atoms with Crippen LogP contribution in [0.2, 0.25) is 0 Å². The standard InChI is InChI=1S/C13H25N3O2/c1-5-13(6-2,10(14)16-18)11(17)15-12(3,4)9-7-8-9/h9,18H,5-8H2,1-4H3,(H2,14,16)(H,15,17). The lowest BCUT2D eigenvalue weighted by Gasteiger charge is -2.34. The molecule has 0 aromatic rings. The zero-order chi connectivity index (χ0) is 14.0. The number of nitrogens with two attached hydrogens (primary N) is 1. The van der Waals surface area contributed by atoms with Gasteiger partial charge in [0.15, 0.2) is 5.84 Å². The van der Waals surface area contributed by atoms with Crippen LogP contribution in [0.4, 0.5) is 0 Å². The second kappa shape index (κ2) is 5.16. The molecule has 1 amide bonds. The SMILES string of the molecule is CCC(CC)(C(=O)NC(C)(C)C1CC1)C(N)=NO. The van der Waals surface area contributed by atoms with Gasteiger partial charge < -0.3 is 16.3 Å². The van der Waals surface area contributed by atoms with Gasteiger partial charge in [-0.3, -0.25) is 4.79 Å². The summed E-state index contributed by atoms with van der Waals surface area (Å²) in [6.07, 6.45) is 3.35. The number of hydrogen-bond acceptors (Lipinski definition) is 3. The van der Waals surface area contributed by atoms with Crippen molar-refractivity contribution >= 4 is 11.7 Å². The van der Waals surface area contributed by atoms with E-state index in [9.17, 15) is 4.79 Å². The molecule has 5 nitrogen and oxygen atoms in total. The third-order valence-corrected chi connectivity index (χ3v) is 4.27.